The Morgan fingerprint density at radius 1 is 1.07 bits per heavy atom. The van der Waals surface area contributed by atoms with Crippen molar-refractivity contribution in [3.63, 3.8) is 0 Å². The van der Waals surface area contributed by atoms with Crippen molar-refractivity contribution in [3.05, 3.63) is 72.2 Å². The number of aromatic nitrogens is 3. The van der Waals surface area contributed by atoms with Crippen LogP contribution in [-0.2, 0) is 11.2 Å². The monoisotopic (exact) mass is 377 g/mol. The van der Waals surface area contributed by atoms with E-state index in [1.165, 1.54) is 0 Å². The van der Waals surface area contributed by atoms with Gasteiger partial charge in [0.15, 0.2) is 0 Å². The number of carbonyl (C=O) groups is 1. The average molecular weight is 377 g/mol. The predicted molar refractivity (Wildman–Crippen MR) is 107 cm³/mol. The van der Waals surface area contributed by atoms with Gasteiger partial charge in [-0.2, -0.15) is 5.10 Å². The van der Waals surface area contributed by atoms with Gasteiger partial charge in [0.2, 0.25) is 0 Å². The first-order valence-corrected chi connectivity index (χ1v) is 9.46. The Morgan fingerprint density at radius 2 is 1.89 bits per heavy atom. The van der Waals surface area contributed by atoms with Crippen molar-refractivity contribution in [2.75, 3.05) is 37.7 Å². The highest BCUT2D eigenvalue weighted by atomic mass is 16.5. The third-order valence-electron chi connectivity index (χ3n) is 4.75. The SMILES string of the molecule is O=C(NCCc1ccc(-n2cccn2)cc1)c1cccnc1N1CCOCC1. The van der Waals surface area contributed by atoms with Gasteiger partial charge < -0.3 is 15.0 Å². The quantitative estimate of drug-likeness (QED) is 0.712. The first kappa shape index (κ1) is 18.2. The minimum Gasteiger partial charge on any atom is -0.378 e. The van der Waals surface area contributed by atoms with E-state index in [-0.39, 0.29) is 5.91 Å². The minimum absolute atomic E-state index is 0.0947. The highest BCUT2D eigenvalue weighted by Gasteiger charge is 2.19. The molecule has 1 N–H and O–H groups in total. The van der Waals surface area contributed by atoms with Crippen LogP contribution in [0.25, 0.3) is 5.69 Å². The van der Waals surface area contributed by atoms with Crippen LogP contribution in [0.1, 0.15) is 15.9 Å². The normalized spacial score (nSPS) is 14.1. The molecule has 1 fully saturated rings. The summed E-state index contributed by atoms with van der Waals surface area (Å²) in [5.41, 5.74) is 2.79. The summed E-state index contributed by atoms with van der Waals surface area (Å²) in [5, 5.41) is 7.24. The van der Waals surface area contributed by atoms with Crippen molar-refractivity contribution in [3.8, 4) is 5.69 Å². The third-order valence-corrected chi connectivity index (χ3v) is 4.75. The maximum absolute atomic E-state index is 12.7. The number of morpholine rings is 1. The molecule has 1 aliphatic heterocycles. The molecule has 0 spiro atoms. The van der Waals surface area contributed by atoms with Crippen LogP contribution in [-0.4, -0.2) is 53.5 Å². The van der Waals surface area contributed by atoms with Crippen LogP contribution < -0.4 is 10.2 Å². The summed E-state index contributed by atoms with van der Waals surface area (Å²) in [6.07, 6.45) is 6.16. The number of nitrogens with one attached hydrogen (secondary N) is 1. The topological polar surface area (TPSA) is 72.3 Å². The fourth-order valence-corrected chi connectivity index (χ4v) is 3.25. The molecule has 0 atom stereocenters. The molecule has 3 aromatic rings. The second kappa shape index (κ2) is 8.67. The Bertz CT molecular complexity index is 903. The van der Waals surface area contributed by atoms with E-state index in [0.717, 1.165) is 36.6 Å². The molecule has 0 radical (unpaired) electrons. The van der Waals surface area contributed by atoms with Crippen molar-refractivity contribution >= 4 is 11.7 Å². The summed E-state index contributed by atoms with van der Waals surface area (Å²) in [5.74, 6) is 0.634. The lowest BCUT2D eigenvalue weighted by atomic mass is 10.1. The lowest BCUT2D eigenvalue weighted by molar-refractivity contribution is 0.0952. The van der Waals surface area contributed by atoms with Crippen LogP contribution in [0.15, 0.2) is 61.1 Å². The van der Waals surface area contributed by atoms with Gasteiger partial charge in [0.05, 0.1) is 24.5 Å². The second-order valence-corrected chi connectivity index (χ2v) is 6.60. The molecule has 3 heterocycles. The molecule has 1 amide bonds. The first-order chi connectivity index (χ1) is 13.8. The van der Waals surface area contributed by atoms with E-state index in [1.807, 2.05) is 35.1 Å². The highest BCUT2D eigenvalue weighted by Crippen LogP contribution is 2.18. The summed E-state index contributed by atoms with van der Waals surface area (Å²) < 4.78 is 7.21. The Morgan fingerprint density at radius 3 is 2.64 bits per heavy atom. The predicted octanol–water partition coefficient (Wildman–Crippen LogP) is 2.08. The molecule has 0 unspecified atom stereocenters. The summed E-state index contributed by atoms with van der Waals surface area (Å²) in [4.78, 5) is 19.2. The number of hydrogen-bond donors (Lipinski definition) is 1. The number of carbonyl (C=O) groups excluding carboxylic acids is 1. The number of rotatable bonds is 6. The smallest absolute Gasteiger partial charge is 0.255 e. The number of benzene rings is 1. The van der Waals surface area contributed by atoms with Crippen LogP contribution in [0.2, 0.25) is 0 Å². The lowest BCUT2D eigenvalue weighted by Crippen LogP contribution is -2.38. The molecule has 7 nitrogen and oxygen atoms in total. The highest BCUT2D eigenvalue weighted by molar-refractivity contribution is 5.98. The largest absolute Gasteiger partial charge is 0.378 e. The van der Waals surface area contributed by atoms with Crippen molar-refractivity contribution < 1.29 is 9.53 Å². The van der Waals surface area contributed by atoms with Gasteiger partial charge in [-0.1, -0.05) is 12.1 Å². The number of amides is 1. The Kier molecular flexibility index (Phi) is 5.63. The zero-order chi connectivity index (χ0) is 19.2. The molecular weight excluding hydrogens is 354 g/mol. The maximum atomic E-state index is 12.7. The Balaban J connectivity index is 1.35. The Hall–Kier alpha value is -3.19. The van der Waals surface area contributed by atoms with Crippen molar-refractivity contribution in [2.24, 2.45) is 0 Å². The third kappa shape index (κ3) is 4.20. The fourth-order valence-electron chi connectivity index (χ4n) is 3.25. The van der Waals surface area contributed by atoms with Crippen LogP contribution in [0.5, 0.6) is 0 Å². The molecule has 2 aromatic heterocycles. The van der Waals surface area contributed by atoms with Gasteiger partial charge in [-0.25, -0.2) is 9.67 Å². The number of nitrogens with zero attached hydrogens (tertiary/aromatic N) is 4. The number of ether oxygens (including phenoxy) is 1. The van der Waals surface area contributed by atoms with Gasteiger partial charge >= 0.3 is 0 Å². The average Bonchev–Trinajstić information content (AvgIpc) is 3.30. The van der Waals surface area contributed by atoms with Crippen molar-refractivity contribution in [2.45, 2.75) is 6.42 Å². The van der Waals surface area contributed by atoms with Crippen molar-refractivity contribution in [1.29, 1.82) is 0 Å². The zero-order valence-corrected chi connectivity index (χ0v) is 15.6. The standard InChI is InChI=1S/C21H23N5O2/c27-21(19-3-1-9-22-20(19)25-13-15-28-16-14-25)23-11-8-17-4-6-18(7-5-17)26-12-2-10-24-26/h1-7,9-10,12H,8,11,13-16H2,(H,23,27). The maximum Gasteiger partial charge on any atom is 0.255 e. The Labute approximate surface area is 164 Å². The van der Waals surface area contributed by atoms with E-state index in [9.17, 15) is 4.79 Å². The van der Waals surface area contributed by atoms with E-state index in [1.54, 1.807) is 18.5 Å². The van der Waals surface area contributed by atoms with E-state index in [4.69, 9.17) is 4.74 Å². The zero-order valence-electron chi connectivity index (χ0n) is 15.6. The molecule has 144 valence electrons. The van der Waals surface area contributed by atoms with Crippen LogP contribution in [0.4, 0.5) is 5.82 Å². The molecule has 1 saturated heterocycles. The van der Waals surface area contributed by atoms with Gasteiger partial charge in [0, 0.05) is 38.2 Å². The van der Waals surface area contributed by atoms with E-state index >= 15 is 0 Å². The minimum atomic E-state index is -0.0947. The summed E-state index contributed by atoms with van der Waals surface area (Å²) >= 11 is 0. The molecule has 0 bridgehead atoms. The fraction of sp³-hybridized carbons (Fsp3) is 0.286. The number of pyridine rings is 1. The van der Waals surface area contributed by atoms with E-state index in [0.29, 0.717) is 25.3 Å². The van der Waals surface area contributed by atoms with Crippen LogP contribution in [0.3, 0.4) is 0 Å². The van der Waals surface area contributed by atoms with Gasteiger partial charge in [-0.3, -0.25) is 4.79 Å². The molecule has 0 saturated carbocycles. The van der Waals surface area contributed by atoms with Crippen molar-refractivity contribution in [1.82, 2.24) is 20.1 Å². The van der Waals surface area contributed by atoms with Crippen LogP contribution in [0, 0.1) is 0 Å². The molecule has 0 aliphatic carbocycles. The first-order valence-electron chi connectivity index (χ1n) is 9.46. The van der Waals surface area contributed by atoms with E-state index in [2.05, 4.69) is 32.4 Å². The summed E-state index contributed by atoms with van der Waals surface area (Å²) in [6.45, 7) is 3.38. The van der Waals surface area contributed by atoms with Gasteiger partial charge in [0.1, 0.15) is 5.82 Å². The number of hydrogen-bond acceptors (Lipinski definition) is 5. The molecular formula is C21H23N5O2. The number of anilines is 1. The van der Waals surface area contributed by atoms with Crippen LogP contribution >= 0.6 is 0 Å². The molecule has 7 heteroatoms. The second-order valence-electron chi connectivity index (χ2n) is 6.60. The molecule has 28 heavy (non-hydrogen) atoms. The molecule has 1 aromatic carbocycles. The summed E-state index contributed by atoms with van der Waals surface area (Å²) in [7, 11) is 0. The summed E-state index contributed by atoms with van der Waals surface area (Å²) in [6, 6.07) is 13.7. The van der Waals surface area contributed by atoms with Gasteiger partial charge in [0.25, 0.3) is 5.91 Å². The van der Waals surface area contributed by atoms with Gasteiger partial charge in [-0.05, 0) is 42.3 Å². The van der Waals surface area contributed by atoms with Gasteiger partial charge in [-0.15, -0.1) is 0 Å². The molecule has 4 rings (SSSR count). The molecule has 1 aliphatic rings. The lowest BCUT2D eigenvalue weighted by Gasteiger charge is -2.29. The van der Waals surface area contributed by atoms with E-state index < -0.39 is 0 Å².